The quantitative estimate of drug-likeness (QED) is 0.344. The van der Waals surface area contributed by atoms with E-state index >= 15 is 0 Å². The minimum absolute atomic E-state index is 0.0468. The smallest absolute Gasteiger partial charge is 0.271 e. The first-order valence-electron chi connectivity index (χ1n) is 12.1. The predicted octanol–water partition coefficient (Wildman–Crippen LogP) is 4.72. The summed E-state index contributed by atoms with van der Waals surface area (Å²) in [5.41, 5.74) is 3.02. The van der Waals surface area contributed by atoms with Crippen LogP contribution in [-0.4, -0.2) is 59.1 Å². The van der Waals surface area contributed by atoms with Crippen molar-refractivity contribution in [1.29, 1.82) is 0 Å². The van der Waals surface area contributed by atoms with Gasteiger partial charge in [0, 0.05) is 37.0 Å². The zero-order valence-corrected chi connectivity index (χ0v) is 21.4. The largest absolute Gasteiger partial charge is 0.333 e. The van der Waals surface area contributed by atoms with Gasteiger partial charge in [-0.1, -0.05) is 13.8 Å². The highest BCUT2D eigenvalue weighted by Gasteiger charge is 2.43. The molecule has 2 fully saturated rings. The first kappa shape index (κ1) is 23.1. The second kappa shape index (κ2) is 8.83. The summed E-state index contributed by atoms with van der Waals surface area (Å²) in [5.74, 6) is 0.709. The van der Waals surface area contributed by atoms with Crippen molar-refractivity contribution in [2.24, 2.45) is 18.0 Å². The number of hydrogen-bond donors (Lipinski definition) is 0. The lowest BCUT2D eigenvalue weighted by atomic mass is 10.1. The Labute approximate surface area is 203 Å². The van der Waals surface area contributed by atoms with E-state index in [0.29, 0.717) is 35.7 Å². The van der Waals surface area contributed by atoms with Gasteiger partial charge < -0.3 is 14.0 Å². The van der Waals surface area contributed by atoms with E-state index in [9.17, 15) is 9.59 Å². The van der Waals surface area contributed by atoms with Crippen LogP contribution in [0.3, 0.4) is 0 Å². The van der Waals surface area contributed by atoms with Crippen molar-refractivity contribution in [3.05, 3.63) is 18.1 Å². The number of rotatable bonds is 8. The normalized spacial score (nSPS) is 16.7. The summed E-state index contributed by atoms with van der Waals surface area (Å²) in [4.78, 5) is 42.5. The third-order valence-electron chi connectivity index (χ3n) is 6.77. The lowest BCUT2D eigenvalue weighted by Gasteiger charge is -2.22. The van der Waals surface area contributed by atoms with Crippen molar-refractivity contribution in [2.75, 3.05) is 6.26 Å². The van der Waals surface area contributed by atoms with Crippen LogP contribution in [0.1, 0.15) is 63.4 Å². The second-order valence-corrected chi connectivity index (χ2v) is 10.6. The molecule has 9 heteroatoms. The number of Topliss-reactive ketones (excluding diaryl/α,β-unsaturated/α-hetero) is 1. The molecule has 0 spiro atoms. The van der Waals surface area contributed by atoms with E-state index < -0.39 is 0 Å². The van der Waals surface area contributed by atoms with Crippen molar-refractivity contribution in [1.82, 2.24) is 24.0 Å². The van der Waals surface area contributed by atoms with E-state index in [1.165, 1.54) is 11.8 Å². The summed E-state index contributed by atoms with van der Waals surface area (Å²) >= 11 is 1.46. The first-order valence-corrected chi connectivity index (χ1v) is 13.4. The Morgan fingerprint density at radius 1 is 1.24 bits per heavy atom. The number of amides is 1. The zero-order valence-electron chi connectivity index (χ0n) is 20.5. The van der Waals surface area contributed by atoms with Crippen LogP contribution in [0.15, 0.2) is 17.4 Å². The SMILES string of the molecule is CCn1c(C(=O)N(C2CC2)C2CC2)cc2c3c(ncn3C)c(N=C(CC(=O)C(C)C)SC)nc21. The molecule has 2 aliphatic rings. The molecule has 3 aromatic rings. The molecule has 0 unspecified atom stereocenters. The maximum atomic E-state index is 13.7. The fourth-order valence-electron chi connectivity index (χ4n) is 4.57. The molecular formula is C25H32N6O2S. The molecule has 0 atom stereocenters. The summed E-state index contributed by atoms with van der Waals surface area (Å²) in [6.07, 6.45) is 8.37. The third-order valence-corrected chi connectivity index (χ3v) is 7.48. The number of fused-ring (bicyclic) bond motifs is 3. The molecule has 0 saturated heterocycles. The maximum Gasteiger partial charge on any atom is 0.271 e. The standard InChI is InChI=1S/C25H32N6O2S/c1-6-30-18(25(33)31(15-7-8-15)16-9-10-16)11-17-22-21(26-13-29(22)4)23(28-24(17)30)27-20(34-5)12-19(32)14(2)3/h11,13-16H,6-10,12H2,1-5H3. The third kappa shape index (κ3) is 4.04. The maximum absolute atomic E-state index is 13.7. The van der Waals surface area contributed by atoms with Crippen LogP contribution in [0.4, 0.5) is 5.82 Å². The van der Waals surface area contributed by atoms with Gasteiger partial charge in [0.15, 0.2) is 5.82 Å². The van der Waals surface area contributed by atoms with Gasteiger partial charge in [-0.15, -0.1) is 11.8 Å². The number of aliphatic imine (C=N–C) groups is 1. The zero-order chi connectivity index (χ0) is 24.1. The highest BCUT2D eigenvalue weighted by Crippen LogP contribution is 2.39. The van der Waals surface area contributed by atoms with Gasteiger partial charge in [-0.05, 0) is 44.9 Å². The molecule has 8 nitrogen and oxygen atoms in total. The Morgan fingerprint density at radius 2 is 1.91 bits per heavy atom. The Morgan fingerprint density at radius 3 is 2.47 bits per heavy atom. The summed E-state index contributed by atoms with van der Waals surface area (Å²) in [7, 11) is 1.95. The second-order valence-electron chi connectivity index (χ2n) is 9.68. The highest BCUT2D eigenvalue weighted by atomic mass is 32.2. The summed E-state index contributed by atoms with van der Waals surface area (Å²) in [6, 6.07) is 2.76. The number of thioether (sulfide) groups is 1. The van der Waals surface area contributed by atoms with Crippen molar-refractivity contribution >= 4 is 56.4 Å². The van der Waals surface area contributed by atoms with E-state index in [1.807, 2.05) is 49.3 Å². The van der Waals surface area contributed by atoms with Crippen LogP contribution < -0.4 is 0 Å². The summed E-state index contributed by atoms with van der Waals surface area (Å²) in [6.45, 7) is 6.48. The number of carbonyl (C=O) groups is 2. The molecule has 180 valence electrons. The van der Waals surface area contributed by atoms with Crippen molar-refractivity contribution < 1.29 is 9.59 Å². The molecule has 0 aromatic carbocycles. The van der Waals surface area contributed by atoms with Crippen LogP contribution in [0.5, 0.6) is 0 Å². The summed E-state index contributed by atoms with van der Waals surface area (Å²) in [5, 5.41) is 1.63. The Kier molecular flexibility index (Phi) is 6.00. The average Bonchev–Trinajstić information content (AvgIpc) is 3.74. The molecule has 5 rings (SSSR count). The van der Waals surface area contributed by atoms with Gasteiger partial charge in [0.2, 0.25) is 0 Å². The molecule has 3 heterocycles. The Balaban J connectivity index is 1.66. The van der Waals surface area contributed by atoms with E-state index in [-0.39, 0.29) is 24.0 Å². The molecule has 2 aliphatic carbocycles. The monoisotopic (exact) mass is 480 g/mol. The lowest BCUT2D eigenvalue weighted by molar-refractivity contribution is -0.120. The van der Waals surface area contributed by atoms with Crippen LogP contribution in [0, 0.1) is 5.92 Å². The predicted molar refractivity (Wildman–Crippen MR) is 137 cm³/mol. The molecule has 0 radical (unpaired) electrons. The van der Waals surface area contributed by atoms with Gasteiger partial charge in [0.1, 0.15) is 22.6 Å². The topological polar surface area (TPSA) is 85.4 Å². The van der Waals surface area contributed by atoms with Crippen LogP contribution in [-0.2, 0) is 18.4 Å². The molecule has 34 heavy (non-hydrogen) atoms. The Bertz CT molecular complexity index is 1300. The van der Waals surface area contributed by atoms with Crippen LogP contribution >= 0.6 is 11.8 Å². The molecule has 1 amide bonds. The molecule has 0 N–H and O–H groups in total. The minimum atomic E-state index is -0.0468. The number of pyridine rings is 1. The van der Waals surface area contributed by atoms with Gasteiger partial charge in [0.25, 0.3) is 5.91 Å². The van der Waals surface area contributed by atoms with E-state index in [2.05, 4.69) is 9.88 Å². The van der Waals surface area contributed by atoms with Gasteiger partial charge >= 0.3 is 0 Å². The number of carbonyl (C=O) groups excluding carboxylic acids is 2. The minimum Gasteiger partial charge on any atom is -0.333 e. The number of hydrogen-bond acceptors (Lipinski definition) is 6. The molecule has 0 bridgehead atoms. The fourth-order valence-corrected chi connectivity index (χ4v) is 5.03. The van der Waals surface area contributed by atoms with Crippen molar-refractivity contribution in [3.63, 3.8) is 0 Å². The molecule has 3 aromatic heterocycles. The van der Waals surface area contributed by atoms with E-state index in [0.717, 1.165) is 47.3 Å². The molecular weight excluding hydrogens is 448 g/mol. The van der Waals surface area contributed by atoms with Gasteiger partial charge in [0.05, 0.1) is 23.3 Å². The molecule has 0 aliphatic heterocycles. The van der Waals surface area contributed by atoms with Gasteiger partial charge in [-0.2, -0.15) is 0 Å². The Hall–Kier alpha value is -2.68. The van der Waals surface area contributed by atoms with Gasteiger partial charge in [-0.25, -0.2) is 15.0 Å². The van der Waals surface area contributed by atoms with Crippen molar-refractivity contribution in [3.8, 4) is 0 Å². The first-order chi connectivity index (χ1) is 16.3. The number of nitrogens with zero attached hydrogens (tertiary/aromatic N) is 6. The number of aryl methyl sites for hydroxylation is 2. The van der Waals surface area contributed by atoms with Crippen LogP contribution in [0.25, 0.3) is 22.1 Å². The summed E-state index contributed by atoms with van der Waals surface area (Å²) < 4.78 is 3.98. The van der Waals surface area contributed by atoms with Crippen molar-refractivity contribution in [2.45, 2.75) is 71.5 Å². The average molecular weight is 481 g/mol. The number of ketones is 1. The van der Waals surface area contributed by atoms with Crippen LogP contribution in [0.2, 0.25) is 0 Å². The van der Waals surface area contributed by atoms with E-state index in [4.69, 9.17) is 9.98 Å². The molecule has 2 saturated carbocycles. The fraction of sp³-hybridized carbons (Fsp3) is 0.560. The number of imidazole rings is 1. The van der Waals surface area contributed by atoms with E-state index in [1.54, 1.807) is 6.33 Å². The van der Waals surface area contributed by atoms with Gasteiger partial charge in [-0.3, -0.25) is 9.59 Å². The lowest BCUT2D eigenvalue weighted by Crippen LogP contribution is -2.36. The number of aromatic nitrogens is 4. The highest BCUT2D eigenvalue weighted by molar-refractivity contribution is 8.13.